The molecule has 102 valence electrons. The van der Waals surface area contributed by atoms with Crippen LogP contribution in [0.3, 0.4) is 0 Å². The van der Waals surface area contributed by atoms with Crippen LogP contribution in [0.25, 0.3) is 11.5 Å². The van der Waals surface area contributed by atoms with Crippen molar-refractivity contribution in [1.29, 1.82) is 0 Å². The van der Waals surface area contributed by atoms with Crippen molar-refractivity contribution < 1.29 is 14.0 Å². The lowest BCUT2D eigenvalue weighted by atomic mass is 10.1. The molecule has 0 atom stereocenters. The maximum atomic E-state index is 10.6. The third-order valence-electron chi connectivity index (χ3n) is 2.20. The SMILES string of the molecule is CCCc1nnc(-c2cccc(C=O)c2)o1.CON. The van der Waals surface area contributed by atoms with Crippen molar-refractivity contribution >= 4 is 6.29 Å². The third-order valence-corrected chi connectivity index (χ3v) is 2.20. The van der Waals surface area contributed by atoms with E-state index >= 15 is 0 Å². The Kier molecular flexibility index (Phi) is 6.42. The molecular weight excluding hydrogens is 246 g/mol. The lowest BCUT2D eigenvalue weighted by molar-refractivity contribution is 0.112. The average molecular weight is 263 g/mol. The molecular formula is C13H17N3O3. The van der Waals surface area contributed by atoms with Crippen LogP contribution in [0.1, 0.15) is 29.6 Å². The first-order valence-corrected chi connectivity index (χ1v) is 5.86. The van der Waals surface area contributed by atoms with Crippen LogP contribution in [0.4, 0.5) is 0 Å². The zero-order valence-electron chi connectivity index (χ0n) is 11.0. The molecule has 0 aliphatic heterocycles. The second-order valence-corrected chi connectivity index (χ2v) is 3.73. The second-order valence-electron chi connectivity index (χ2n) is 3.73. The normalized spacial score (nSPS) is 9.63. The van der Waals surface area contributed by atoms with E-state index in [4.69, 9.17) is 4.42 Å². The number of hydrogen-bond donors (Lipinski definition) is 1. The fourth-order valence-electron chi connectivity index (χ4n) is 1.43. The summed E-state index contributed by atoms with van der Waals surface area (Å²) in [6.07, 6.45) is 2.54. The quantitative estimate of drug-likeness (QED) is 0.670. The van der Waals surface area contributed by atoms with Crippen LogP contribution in [-0.2, 0) is 11.3 Å². The first-order chi connectivity index (χ1) is 9.24. The van der Waals surface area contributed by atoms with Gasteiger partial charge in [0.15, 0.2) is 0 Å². The van der Waals surface area contributed by atoms with Gasteiger partial charge in [-0.2, -0.15) is 0 Å². The minimum Gasteiger partial charge on any atom is -0.421 e. The number of hydrogen-bond acceptors (Lipinski definition) is 6. The zero-order chi connectivity index (χ0) is 14.1. The number of rotatable bonds is 4. The van der Waals surface area contributed by atoms with Crippen LogP contribution in [0.5, 0.6) is 0 Å². The first-order valence-electron chi connectivity index (χ1n) is 5.86. The summed E-state index contributed by atoms with van der Waals surface area (Å²) in [6, 6.07) is 7.11. The van der Waals surface area contributed by atoms with E-state index in [0.29, 0.717) is 17.3 Å². The maximum Gasteiger partial charge on any atom is 0.247 e. The largest absolute Gasteiger partial charge is 0.421 e. The van der Waals surface area contributed by atoms with E-state index in [-0.39, 0.29) is 0 Å². The van der Waals surface area contributed by atoms with Crippen LogP contribution in [0, 0.1) is 0 Å². The van der Waals surface area contributed by atoms with E-state index in [0.717, 1.165) is 24.7 Å². The Hall–Kier alpha value is -2.05. The molecule has 2 aromatic rings. The van der Waals surface area contributed by atoms with Gasteiger partial charge in [-0.1, -0.05) is 19.1 Å². The van der Waals surface area contributed by atoms with Gasteiger partial charge in [-0.3, -0.25) is 4.79 Å². The van der Waals surface area contributed by atoms with Crippen molar-refractivity contribution in [2.75, 3.05) is 7.11 Å². The number of aldehydes is 1. The molecule has 1 heterocycles. The minimum absolute atomic E-state index is 0.465. The van der Waals surface area contributed by atoms with E-state index in [1.165, 1.54) is 7.11 Å². The maximum absolute atomic E-state index is 10.6. The summed E-state index contributed by atoms with van der Waals surface area (Å²) in [4.78, 5) is 14.4. The van der Waals surface area contributed by atoms with Gasteiger partial charge in [0.05, 0.1) is 7.11 Å². The molecule has 0 fully saturated rings. The molecule has 2 rings (SSSR count). The highest BCUT2D eigenvalue weighted by Gasteiger charge is 2.07. The summed E-state index contributed by atoms with van der Waals surface area (Å²) in [5.41, 5.74) is 1.38. The van der Waals surface area contributed by atoms with Gasteiger partial charge in [0, 0.05) is 17.5 Å². The van der Waals surface area contributed by atoms with Gasteiger partial charge in [-0.15, -0.1) is 10.2 Å². The second kappa shape index (κ2) is 8.12. The van der Waals surface area contributed by atoms with Gasteiger partial charge in [-0.05, 0) is 18.6 Å². The highest BCUT2D eigenvalue weighted by molar-refractivity contribution is 5.77. The van der Waals surface area contributed by atoms with Crippen molar-refractivity contribution in [2.45, 2.75) is 19.8 Å². The third kappa shape index (κ3) is 4.61. The fraction of sp³-hybridized carbons (Fsp3) is 0.308. The molecule has 0 saturated carbocycles. The van der Waals surface area contributed by atoms with Crippen molar-refractivity contribution in [2.24, 2.45) is 5.90 Å². The van der Waals surface area contributed by atoms with Crippen molar-refractivity contribution in [3.8, 4) is 11.5 Å². The first kappa shape index (κ1) is 15.0. The molecule has 0 spiro atoms. The molecule has 6 heteroatoms. The summed E-state index contributed by atoms with van der Waals surface area (Å²) >= 11 is 0. The van der Waals surface area contributed by atoms with E-state index in [2.05, 4.69) is 27.9 Å². The van der Waals surface area contributed by atoms with Gasteiger partial charge in [0.2, 0.25) is 11.8 Å². The van der Waals surface area contributed by atoms with Crippen LogP contribution < -0.4 is 5.90 Å². The molecule has 1 aromatic carbocycles. The van der Waals surface area contributed by atoms with E-state index in [1.54, 1.807) is 18.2 Å². The monoisotopic (exact) mass is 263 g/mol. The Labute approximate surface area is 111 Å². The van der Waals surface area contributed by atoms with E-state index < -0.39 is 0 Å². The Morgan fingerprint density at radius 1 is 1.42 bits per heavy atom. The molecule has 6 nitrogen and oxygen atoms in total. The van der Waals surface area contributed by atoms with Gasteiger partial charge in [0.1, 0.15) is 6.29 Å². The van der Waals surface area contributed by atoms with Crippen molar-refractivity contribution in [1.82, 2.24) is 10.2 Å². The molecule has 2 N–H and O–H groups in total. The molecule has 0 saturated heterocycles. The smallest absolute Gasteiger partial charge is 0.247 e. The highest BCUT2D eigenvalue weighted by Crippen LogP contribution is 2.18. The molecule has 0 aliphatic rings. The van der Waals surface area contributed by atoms with Crippen LogP contribution in [-0.4, -0.2) is 23.6 Å². The molecule has 19 heavy (non-hydrogen) atoms. The van der Waals surface area contributed by atoms with Gasteiger partial charge >= 0.3 is 0 Å². The Morgan fingerprint density at radius 2 is 2.16 bits per heavy atom. The van der Waals surface area contributed by atoms with Crippen LogP contribution in [0.2, 0.25) is 0 Å². The standard InChI is InChI=1S/C12H12N2O2.CH5NO/c1-2-4-11-13-14-12(16-11)10-6-3-5-9(7-10)8-15;1-3-2/h3,5-8H,2,4H2,1H3;2H2,1H3. The molecule has 0 radical (unpaired) electrons. The molecule has 1 aromatic heterocycles. The lowest BCUT2D eigenvalue weighted by Gasteiger charge is -1.95. The number of carbonyl (C=O) groups is 1. The zero-order valence-corrected chi connectivity index (χ0v) is 11.0. The molecule has 0 unspecified atom stereocenters. The van der Waals surface area contributed by atoms with Gasteiger partial charge < -0.3 is 9.25 Å². The number of nitrogens with two attached hydrogens (primary N) is 1. The fourth-order valence-corrected chi connectivity index (χ4v) is 1.43. The minimum atomic E-state index is 0.465. The van der Waals surface area contributed by atoms with E-state index in [9.17, 15) is 4.79 Å². The number of benzene rings is 1. The van der Waals surface area contributed by atoms with Crippen LogP contribution in [0.15, 0.2) is 28.7 Å². The number of nitrogens with zero attached hydrogens (tertiary/aromatic N) is 2. The lowest BCUT2D eigenvalue weighted by Crippen LogP contribution is -1.86. The predicted molar refractivity (Wildman–Crippen MR) is 70.3 cm³/mol. The summed E-state index contributed by atoms with van der Waals surface area (Å²) in [6.45, 7) is 2.05. The summed E-state index contributed by atoms with van der Waals surface area (Å²) in [5.74, 6) is 5.45. The number of carbonyl (C=O) groups excluding carboxylic acids is 1. The number of aromatic nitrogens is 2. The Balaban J connectivity index is 0.000000550. The Morgan fingerprint density at radius 3 is 2.79 bits per heavy atom. The molecule has 0 amide bonds. The molecule has 0 bridgehead atoms. The summed E-state index contributed by atoms with van der Waals surface area (Å²) in [7, 11) is 1.40. The van der Waals surface area contributed by atoms with Crippen LogP contribution >= 0.6 is 0 Å². The summed E-state index contributed by atoms with van der Waals surface area (Å²) < 4.78 is 5.47. The highest BCUT2D eigenvalue weighted by atomic mass is 16.6. The number of aryl methyl sites for hydroxylation is 1. The topological polar surface area (TPSA) is 91.2 Å². The van der Waals surface area contributed by atoms with E-state index in [1.807, 2.05) is 6.07 Å². The molecule has 0 aliphatic carbocycles. The Bertz CT molecular complexity index is 511. The summed E-state index contributed by atoms with van der Waals surface area (Å²) in [5, 5.41) is 7.88. The van der Waals surface area contributed by atoms with Gasteiger partial charge in [-0.25, -0.2) is 5.90 Å². The van der Waals surface area contributed by atoms with Crippen molar-refractivity contribution in [3.63, 3.8) is 0 Å². The van der Waals surface area contributed by atoms with Gasteiger partial charge in [0.25, 0.3) is 0 Å². The average Bonchev–Trinajstić information content (AvgIpc) is 2.89. The van der Waals surface area contributed by atoms with Crippen molar-refractivity contribution in [3.05, 3.63) is 35.7 Å². The predicted octanol–water partition coefficient (Wildman–Crippen LogP) is 2.01.